The molecule has 8 aliphatic heterocycles. The number of ether oxygens (including phenoxy) is 12. The number of methoxy groups -OCH3 is 2. The van der Waals surface area contributed by atoms with E-state index in [-0.39, 0.29) is 112 Å². The molecular formula is C81H128Cl2N2O29P2. The van der Waals surface area contributed by atoms with E-state index in [1.54, 1.807) is 7.11 Å². The molecule has 0 amide bonds. The number of aliphatic hydroxyl groups excluding tert-OH is 10. The van der Waals surface area contributed by atoms with E-state index >= 15 is 0 Å². The SMILES string of the molecule is CC[C@H]1OC(n2cc[n+](C)c2)[C@@H](OCc2ccccc2)[C@@H]1C.CC[C@H]1O[C@H](O)[C@@H](OCc2ccccc2)[C@@H]1C.CC[C@H]1O[C@H](OC)[C@@H](OCc2ccccc2)[C@@H]1C.CC[C@H]1O[C@H](OP2(=O)OCCCO2)[C@@H](OCc2ccccc2)[C@@H]1C.CO[C@H]1O[C@H](CO)[C@@H](O)[C@@H]1O.O=P1(Cl)OCCCO1.OC1OC[C@@H](O)[C@@H](O)[C@@H]1O.OCCCO.[Cl-]. The van der Waals surface area contributed by atoms with Crippen LogP contribution in [0.15, 0.2) is 140 Å². The minimum Gasteiger partial charge on any atom is -1.00 e. The summed E-state index contributed by atoms with van der Waals surface area (Å²) in [4.78, 5) is 0. The van der Waals surface area contributed by atoms with Gasteiger partial charge in [-0.25, -0.2) is 18.3 Å². The quantitative estimate of drug-likeness (QED) is 0.0262. The van der Waals surface area contributed by atoms with Crippen molar-refractivity contribution in [1.29, 1.82) is 0 Å². The Labute approximate surface area is 693 Å². The molecule has 2 unspecified atom stereocenters. The third-order valence-corrected chi connectivity index (χ3v) is 23.2. The summed E-state index contributed by atoms with van der Waals surface area (Å²) in [5.74, 6) is 1.11. The van der Waals surface area contributed by atoms with Gasteiger partial charge in [0, 0.05) is 62.3 Å². The molecule has 116 heavy (non-hydrogen) atoms. The number of aliphatic hydroxyl groups is 10. The van der Waals surface area contributed by atoms with Gasteiger partial charge >= 0.3 is 14.8 Å². The summed E-state index contributed by atoms with van der Waals surface area (Å²) >= 11 is 5.18. The first-order valence-electron chi connectivity index (χ1n) is 39.6. The second-order valence-electron chi connectivity index (χ2n) is 28.6. The number of nitrogens with zero attached hydrogens (tertiary/aromatic N) is 2. The summed E-state index contributed by atoms with van der Waals surface area (Å²) in [5.41, 5.74) is 4.57. The van der Waals surface area contributed by atoms with Gasteiger partial charge in [0.05, 0.1) is 97.5 Å². The van der Waals surface area contributed by atoms with E-state index in [1.807, 2.05) is 134 Å². The molecule has 660 valence electrons. The van der Waals surface area contributed by atoms with E-state index in [1.165, 1.54) is 18.2 Å². The molecule has 31 nitrogen and oxygen atoms in total. The molecule has 0 bridgehead atoms. The minimum atomic E-state index is -3.56. The second kappa shape index (κ2) is 54.5. The molecule has 13 rings (SSSR count). The Balaban J connectivity index is 0.000000245. The lowest BCUT2D eigenvalue weighted by molar-refractivity contribution is -0.671. The molecule has 0 aliphatic carbocycles. The van der Waals surface area contributed by atoms with Crippen LogP contribution in [0, 0.1) is 23.7 Å². The van der Waals surface area contributed by atoms with Crippen LogP contribution >= 0.6 is 26.0 Å². The maximum atomic E-state index is 12.5. The van der Waals surface area contributed by atoms with E-state index in [4.69, 9.17) is 118 Å². The highest BCUT2D eigenvalue weighted by Gasteiger charge is 2.49. The molecule has 0 saturated carbocycles. The van der Waals surface area contributed by atoms with Crippen LogP contribution in [-0.4, -0.2) is 240 Å². The van der Waals surface area contributed by atoms with Crippen LogP contribution in [0.5, 0.6) is 0 Å². The van der Waals surface area contributed by atoms with Crippen LogP contribution in [-0.2, 0) is 122 Å². The first-order chi connectivity index (χ1) is 55.2. The lowest BCUT2D eigenvalue weighted by Crippen LogP contribution is -3.00. The van der Waals surface area contributed by atoms with Crippen molar-refractivity contribution in [3.05, 3.63) is 162 Å². The summed E-state index contributed by atoms with van der Waals surface area (Å²) in [6.45, 7) is 17.4. The Bertz CT molecular complexity index is 3400. The van der Waals surface area contributed by atoms with Crippen LogP contribution in [0.1, 0.15) is 129 Å². The Morgan fingerprint density at radius 1 is 0.474 bits per heavy atom. The van der Waals surface area contributed by atoms with E-state index in [0.717, 1.165) is 43.2 Å². The third-order valence-electron chi connectivity index (χ3n) is 20.2. The van der Waals surface area contributed by atoms with Crippen molar-refractivity contribution in [3.63, 3.8) is 0 Å². The standard InChI is InChI=1S/C18H25N2O2.C17H25O6P.C15H22O3.C14H20O3.C6H12O5.C5H10O5.C3H6ClO3P.C3H8O2.ClH/c1-4-16-14(2)17(21-12-15-8-6-5-7-9-15)18(22-16)20-11-10-19(3)13-20;1-3-15-13(2)16(19-12-14-8-5-4-6-9-14)17(22-15)23-24(18)20-10-7-11-21-24;1-4-13-11(2)14(15(16-3)18-13)17-10-12-8-6-5-7-9-12;1-3-12-10(2)13(14(15)17-12)16-9-11-7-5-4-6-8-11;1-10-6-5(9)4(8)3(2-7)11-6;6-2-1-10-5(9)4(8)3(2)7;4-8(5)6-2-1-3-7-8;4-2-1-3-5;/h5-11,13-14,16-18H,4,12H2,1-3H3;4-6,8-9,13,15-17H,3,7,10-12H2,1-2H3;5-9,11,13-15H,4,10H2,1-3H3;4-8,10,12-15H,3,9H2,1-2H3;3-9H,2H2,1H3;2-9H,1H2;1-3H2;4-5H,1-3H2;1H/q+1;;;;;;;;/p-1/t14-,16-,17+,18?;13-,15-,16+,17-;11-,13-,14+,15+;10-,12-,13+,14+;3-,4-,5+,6+;2-,3-,4+,5?;;;/m111111.../s1. The summed E-state index contributed by atoms with van der Waals surface area (Å²) in [6.07, 6.45) is 1.18. The predicted molar refractivity (Wildman–Crippen MR) is 421 cm³/mol. The van der Waals surface area contributed by atoms with Crippen molar-refractivity contribution < 1.29 is 157 Å². The Hall–Kier alpha value is -3.95. The number of phosphoric acid groups is 1. The van der Waals surface area contributed by atoms with Gasteiger partial charge in [0.1, 0.15) is 73.4 Å². The number of halogens is 2. The van der Waals surface area contributed by atoms with Gasteiger partial charge in [0.25, 0.3) is 0 Å². The first kappa shape index (κ1) is 103. The maximum absolute atomic E-state index is 12.5. The van der Waals surface area contributed by atoms with Crippen LogP contribution in [0.25, 0.3) is 0 Å². The molecule has 35 heteroatoms. The zero-order chi connectivity index (χ0) is 84.0. The number of aromatic nitrogens is 2. The monoisotopic (exact) mass is 1720 g/mol. The largest absolute Gasteiger partial charge is 1.00 e. The highest BCUT2D eigenvalue weighted by atomic mass is 35.7. The molecule has 8 fully saturated rings. The van der Waals surface area contributed by atoms with E-state index in [2.05, 4.69) is 95.8 Å². The van der Waals surface area contributed by atoms with Crippen molar-refractivity contribution in [2.45, 2.75) is 250 Å². The number of imidazole rings is 1. The van der Waals surface area contributed by atoms with Gasteiger partial charge in [0.15, 0.2) is 31.5 Å². The van der Waals surface area contributed by atoms with Gasteiger partial charge < -0.3 is 120 Å². The molecular weight excluding hydrogens is 1600 g/mol. The zero-order valence-corrected chi connectivity index (χ0v) is 71.6. The zero-order valence-electron chi connectivity index (χ0n) is 68.3. The molecule has 5 aromatic rings. The van der Waals surface area contributed by atoms with Crippen molar-refractivity contribution in [3.8, 4) is 0 Å². The smallest absolute Gasteiger partial charge is 0.477 e. The fourth-order valence-electron chi connectivity index (χ4n) is 13.4. The Morgan fingerprint density at radius 3 is 1.22 bits per heavy atom. The Kier molecular flexibility index (Phi) is 48.2. The van der Waals surface area contributed by atoms with Gasteiger partial charge in [-0.1, -0.05) is 177 Å². The van der Waals surface area contributed by atoms with Gasteiger partial charge in [-0.3, -0.25) is 22.6 Å². The predicted octanol–water partition coefficient (Wildman–Crippen LogP) is 5.70. The second-order valence-corrected chi connectivity index (χ2v) is 32.9. The van der Waals surface area contributed by atoms with E-state index in [9.17, 15) is 14.2 Å². The highest BCUT2D eigenvalue weighted by Crippen LogP contribution is 2.56. The van der Waals surface area contributed by atoms with Crippen LogP contribution < -0.4 is 17.0 Å². The van der Waals surface area contributed by atoms with Crippen molar-refractivity contribution >= 4 is 26.0 Å². The van der Waals surface area contributed by atoms with Gasteiger partial charge in [-0.15, -0.1) is 0 Å². The third kappa shape index (κ3) is 33.0. The normalized spacial score (nSPS) is 32.6. The fraction of sp³-hybridized carbons (Fsp3) is 0.667. The molecule has 0 radical (unpaired) electrons. The number of rotatable bonds is 24. The van der Waals surface area contributed by atoms with Crippen molar-refractivity contribution in [1.82, 2.24) is 4.57 Å². The summed E-state index contributed by atoms with van der Waals surface area (Å²) < 4.78 is 119. The topological polar surface area (TPSA) is 402 Å². The van der Waals surface area contributed by atoms with Crippen LogP contribution in [0.2, 0.25) is 0 Å². The van der Waals surface area contributed by atoms with Gasteiger partial charge in [0.2, 0.25) is 12.6 Å². The molecule has 24 atom stereocenters. The number of aryl methyl sites for hydroxylation is 1. The van der Waals surface area contributed by atoms with Crippen molar-refractivity contribution in [2.24, 2.45) is 30.7 Å². The van der Waals surface area contributed by atoms with Crippen LogP contribution in [0.3, 0.4) is 0 Å². The Morgan fingerprint density at radius 2 is 0.862 bits per heavy atom. The van der Waals surface area contributed by atoms with Crippen LogP contribution in [0.4, 0.5) is 0 Å². The number of phosphoric ester groups is 1. The molecule has 1 aromatic heterocycles. The average Bonchev–Trinajstić information content (AvgIpc) is 1.66. The van der Waals surface area contributed by atoms with E-state index in [0.29, 0.717) is 77.5 Å². The fourth-order valence-corrected chi connectivity index (χ4v) is 15.9. The van der Waals surface area contributed by atoms with Gasteiger partial charge in [-0.05, 0) is 67.2 Å². The number of hydrogen-bond acceptors (Lipinski definition) is 29. The molecule has 9 heterocycles. The first-order valence-corrected chi connectivity index (χ1v) is 43.5. The number of benzene rings is 4. The lowest BCUT2D eigenvalue weighted by Gasteiger charge is -2.31. The van der Waals surface area contributed by atoms with E-state index < -0.39 is 76.6 Å². The minimum absolute atomic E-state index is 0. The summed E-state index contributed by atoms with van der Waals surface area (Å²) in [7, 11) is 1.49. The van der Waals surface area contributed by atoms with Gasteiger partial charge in [-0.2, -0.15) is 0 Å². The molecule has 0 spiro atoms. The lowest BCUT2D eigenvalue weighted by atomic mass is 9.98. The molecule has 10 N–H and O–H groups in total. The molecule has 8 saturated heterocycles. The maximum Gasteiger partial charge on any atom is 0.477 e. The molecule has 4 aromatic carbocycles. The van der Waals surface area contributed by atoms with Crippen molar-refractivity contribution in [2.75, 3.05) is 67.1 Å². The number of hydrogen-bond donors (Lipinski definition) is 10. The average molecular weight is 1730 g/mol. The summed E-state index contributed by atoms with van der Waals surface area (Å²) in [6, 6.07) is 40.4. The molecule has 8 aliphatic rings. The highest BCUT2D eigenvalue weighted by molar-refractivity contribution is 7.81. The summed E-state index contributed by atoms with van der Waals surface area (Å²) in [5, 5.41) is 87.8.